The molecule has 48 valence electrons. The van der Waals surface area contributed by atoms with Crippen molar-refractivity contribution in [3.63, 3.8) is 0 Å². The van der Waals surface area contributed by atoms with Crippen molar-refractivity contribution in [3.8, 4) is 11.5 Å². The molecule has 2 nitrogen and oxygen atoms in total. The van der Waals surface area contributed by atoms with Gasteiger partial charge in [0.15, 0.2) is 11.5 Å². The Hall–Kier alpha value is -0.450. The highest BCUT2D eigenvalue weighted by Gasteiger charge is 1.95. The smallest absolute Gasteiger partial charge is 0.158 e. The molecule has 0 heterocycles. The summed E-state index contributed by atoms with van der Waals surface area (Å²) in [7, 11) is 0. The summed E-state index contributed by atoms with van der Waals surface area (Å²) in [6, 6.07) is 4.67. The van der Waals surface area contributed by atoms with Crippen LogP contribution in [-0.4, -0.2) is 10.2 Å². The molecule has 0 saturated carbocycles. The number of rotatable bonds is 0. The minimum atomic E-state index is -0.0737. The highest BCUT2D eigenvalue weighted by Crippen LogP contribution is 2.25. The van der Waals surface area contributed by atoms with Crippen molar-refractivity contribution in [1.82, 2.24) is 0 Å². The molecule has 0 spiro atoms. The average Bonchev–Trinajstić information content (AvgIpc) is 1.80. The molecular formula is C6H5IO2. The molecule has 0 aliphatic heterocycles. The number of halogens is 1. The van der Waals surface area contributed by atoms with Crippen LogP contribution in [0.25, 0.3) is 0 Å². The van der Waals surface area contributed by atoms with Crippen molar-refractivity contribution in [2.24, 2.45) is 0 Å². The molecule has 1 rings (SSSR count). The lowest BCUT2D eigenvalue weighted by Crippen LogP contribution is -1.69. The molecule has 1 aromatic rings. The van der Waals surface area contributed by atoms with Crippen LogP contribution in [0.1, 0.15) is 0 Å². The van der Waals surface area contributed by atoms with E-state index in [0.717, 1.165) is 3.57 Å². The lowest BCUT2D eigenvalue weighted by Gasteiger charge is -1.94. The minimum absolute atomic E-state index is 0.0677. The van der Waals surface area contributed by atoms with Gasteiger partial charge in [-0.2, -0.15) is 0 Å². The molecule has 1 aromatic carbocycles. The Morgan fingerprint density at radius 2 is 1.78 bits per heavy atom. The molecule has 3 heteroatoms. The van der Waals surface area contributed by atoms with Gasteiger partial charge in [-0.1, -0.05) is 0 Å². The Bertz CT molecular complexity index is 222. The van der Waals surface area contributed by atoms with Gasteiger partial charge in [-0.25, -0.2) is 0 Å². The second-order valence-corrected chi connectivity index (χ2v) is 2.88. The maximum atomic E-state index is 8.85. The van der Waals surface area contributed by atoms with Gasteiger partial charge < -0.3 is 10.2 Å². The Balaban J connectivity index is 3.17. The Morgan fingerprint density at radius 3 is 2.22 bits per heavy atom. The molecule has 0 fully saturated rings. The van der Waals surface area contributed by atoms with E-state index in [-0.39, 0.29) is 11.5 Å². The van der Waals surface area contributed by atoms with Gasteiger partial charge in [-0.3, -0.25) is 0 Å². The number of phenols is 2. The van der Waals surface area contributed by atoms with E-state index >= 15 is 0 Å². The maximum Gasteiger partial charge on any atom is 0.158 e. The summed E-state index contributed by atoms with van der Waals surface area (Å²) in [4.78, 5) is 0. The zero-order valence-electron chi connectivity index (χ0n) is 4.50. The summed E-state index contributed by atoms with van der Waals surface area (Å²) in [6.07, 6.45) is 0. The quantitative estimate of drug-likeness (QED) is 0.531. The third-order valence-corrected chi connectivity index (χ3v) is 1.61. The van der Waals surface area contributed by atoms with Crippen molar-refractivity contribution in [2.45, 2.75) is 0 Å². The second-order valence-electron chi connectivity index (χ2n) is 1.63. The van der Waals surface area contributed by atoms with Crippen LogP contribution in [0.2, 0.25) is 0 Å². The molecule has 0 amide bonds. The summed E-state index contributed by atoms with van der Waals surface area (Å²) < 4.78 is 0.905. The van der Waals surface area contributed by atoms with Gasteiger partial charge in [-0.05, 0) is 40.8 Å². The summed E-state index contributed by atoms with van der Waals surface area (Å²) in [5.74, 6) is -0.141. The van der Waals surface area contributed by atoms with Gasteiger partial charge in [0.05, 0.1) is 0 Å². The SMILES string of the molecule is Oc1ccc(I)cc1O. The lowest BCUT2D eigenvalue weighted by molar-refractivity contribution is 0.403. The van der Waals surface area contributed by atoms with Crippen LogP contribution < -0.4 is 0 Å². The summed E-state index contributed by atoms with van der Waals surface area (Å²) in [5, 5.41) is 17.6. The first-order valence-corrected chi connectivity index (χ1v) is 3.45. The fraction of sp³-hybridized carbons (Fsp3) is 0. The molecule has 0 bridgehead atoms. The molecular weight excluding hydrogens is 231 g/mol. The van der Waals surface area contributed by atoms with E-state index in [4.69, 9.17) is 10.2 Å². The zero-order chi connectivity index (χ0) is 6.85. The van der Waals surface area contributed by atoms with E-state index in [0.29, 0.717) is 0 Å². The van der Waals surface area contributed by atoms with E-state index < -0.39 is 0 Å². The Morgan fingerprint density at radius 1 is 1.11 bits per heavy atom. The number of phenolic OH excluding ortho intramolecular Hbond substituents is 2. The third kappa shape index (κ3) is 1.48. The van der Waals surface area contributed by atoms with Crippen molar-refractivity contribution >= 4 is 22.6 Å². The molecule has 2 N–H and O–H groups in total. The third-order valence-electron chi connectivity index (χ3n) is 0.937. The largest absolute Gasteiger partial charge is 0.504 e. The van der Waals surface area contributed by atoms with Gasteiger partial charge in [0.2, 0.25) is 0 Å². The molecule has 0 atom stereocenters. The van der Waals surface area contributed by atoms with Gasteiger partial charge in [0.25, 0.3) is 0 Å². The van der Waals surface area contributed by atoms with E-state index in [2.05, 4.69) is 22.6 Å². The predicted molar refractivity (Wildman–Crippen MR) is 42.5 cm³/mol. The number of benzene rings is 1. The van der Waals surface area contributed by atoms with Crippen molar-refractivity contribution in [1.29, 1.82) is 0 Å². The first-order chi connectivity index (χ1) is 4.20. The highest BCUT2D eigenvalue weighted by atomic mass is 127. The number of aromatic hydroxyl groups is 2. The summed E-state index contributed by atoms with van der Waals surface area (Å²) >= 11 is 2.05. The molecule has 0 aliphatic rings. The van der Waals surface area contributed by atoms with E-state index in [1.165, 1.54) is 12.1 Å². The normalized spacial score (nSPS) is 9.44. The van der Waals surface area contributed by atoms with Crippen LogP contribution in [0.5, 0.6) is 11.5 Å². The van der Waals surface area contributed by atoms with Crippen molar-refractivity contribution in [2.75, 3.05) is 0 Å². The van der Waals surface area contributed by atoms with Crippen LogP contribution in [0.3, 0.4) is 0 Å². The highest BCUT2D eigenvalue weighted by molar-refractivity contribution is 14.1. The van der Waals surface area contributed by atoms with Crippen LogP contribution in [0.4, 0.5) is 0 Å². The first kappa shape index (κ1) is 6.67. The van der Waals surface area contributed by atoms with Gasteiger partial charge in [-0.15, -0.1) is 0 Å². The summed E-state index contributed by atoms with van der Waals surface area (Å²) in [6.45, 7) is 0. The van der Waals surface area contributed by atoms with E-state index in [1.54, 1.807) is 6.07 Å². The first-order valence-electron chi connectivity index (χ1n) is 2.37. The van der Waals surface area contributed by atoms with Crippen LogP contribution in [0.15, 0.2) is 18.2 Å². The van der Waals surface area contributed by atoms with Crippen molar-refractivity contribution < 1.29 is 10.2 Å². The van der Waals surface area contributed by atoms with Crippen LogP contribution >= 0.6 is 22.6 Å². The van der Waals surface area contributed by atoms with Crippen molar-refractivity contribution in [3.05, 3.63) is 21.8 Å². The predicted octanol–water partition coefficient (Wildman–Crippen LogP) is 1.70. The molecule has 0 aliphatic carbocycles. The van der Waals surface area contributed by atoms with Crippen LogP contribution in [0, 0.1) is 3.57 Å². The van der Waals surface area contributed by atoms with Gasteiger partial charge >= 0.3 is 0 Å². The van der Waals surface area contributed by atoms with E-state index in [9.17, 15) is 0 Å². The topological polar surface area (TPSA) is 40.5 Å². The summed E-state index contributed by atoms with van der Waals surface area (Å²) in [5.41, 5.74) is 0. The molecule has 0 radical (unpaired) electrons. The Labute approximate surface area is 66.3 Å². The molecule has 0 unspecified atom stereocenters. The molecule has 0 aromatic heterocycles. The lowest BCUT2D eigenvalue weighted by atomic mass is 10.3. The van der Waals surface area contributed by atoms with Crippen LogP contribution in [-0.2, 0) is 0 Å². The van der Waals surface area contributed by atoms with Gasteiger partial charge in [0.1, 0.15) is 0 Å². The number of hydrogen-bond acceptors (Lipinski definition) is 2. The zero-order valence-corrected chi connectivity index (χ0v) is 6.66. The fourth-order valence-corrected chi connectivity index (χ4v) is 0.971. The average molecular weight is 236 g/mol. The minimum Gasteiger partial charge on any atom is -0.504 e. The molecule has 0 saturated heterocycles. The Kier molecular flexibility index (Phi) is 1.80. The fourth-order valence-electron chi connectivity index (χ4n) is 0.497. The van der Waals surface area contributed by atoms with E-state index in [1.807, 2.05) is 0 Å². The second kappa shape index (κ2) is 2.43. The maximum absolute atomic E-state index is 8.85. The monoisotopic (exact) mass is 236 g/mol. The standard InChI is InChI=1S/C6H5IO2/c7-4-1-2-5(8)6(9)3-4/h1-3,8-9H. The molecule has 9 heavy (non-hydrogen) atoms. The van der Waals surface area contributed by atoms with Gasteiger partial charge in [0, 0.05) is 3.57 Å². The number of hydrogen-bond donors (Lipinski definition) is 2.